The van der Waals surface area contributed by atoms with Crippen LogP contribution in [0.1, 0.15) is 11.4 Å². The number of nitriles is 1. The van der Waals surface area contributed by atoms with Gasteiger partial charge in [-0.05, 0) is 35.7 Å². The second-order valence-electron chi connectivity index (χ2n) is 4.19. The van der Waals surface area contributed by atoms with Gasteiger partial charge in [0.15, 0.2) is 0 Å². The van der Waals surface area contributed by atoms with Crippen LogP contribution < -0.4 is 10.9 Å². The lowest BCUT2D eigenvalue weighted by atomic mass is 10.2. The monoisotopic (exact) mass is 282 g/mol. The van der Waals surface area contributed by atoms with Crippen LogP contribution in [-0.4, -0.2) is 9.97 Å². The largest absolute Gasteiger partial charge is 0.378 e. The minimum Gasteiger partial charge on any atom is -0.378 e. The number of hydrogen-bond acceptors (Lipinski definition) is 5. The number of rotatable bonds is 3. The van der Waals surface area contributed by atoms with Crippen molar-refractivity contribution in [1.82, 2.24) is 9.97 Å². The zero-order valence-corrected chi connectivity index (χ0v) is 11.2. The molecular formula is C14H10N4OS. The second kappa shape index (κ2) is 5.15. The third kappa shape index (κ3) is 2.39. The van der Waals surface area contributed by atoms with Crippen LogP contribution in [0, 0.1) is 11.3 Å². The molecule has 0 aliphatic rings. The lowest BCUT2D eigenvalue weighted by molar-refractivity contribution is 0.956. The van der Waals surface area contributed by atoms with Crippen molar-refractivity contribution in [3.05, 3.63) is 57.5 Å². The Bertz CT molecular complexity index is 842. The zero-order valence-electron chi connectivity index (χ0n) is 10.4. The van der Waals surface area contributed by atoms with Gasteiger partial charge >= 0.3 is 0 Å². The summed E-state index contributed by atoms with van der Waals surface area (Å²) in [6.45, 7) is 0.424. The topological polar surface area (TPSA) is 81.6 Å². The van der Waals surface area contributed by atoms with Gasteiger partial charge in [0.25, 0.3) is 5.56 Å². The molecular weight excluding hydrogens is 272 g/mol. The molecule has 0 spiro atoms. The second-order valence-corrected chi connectivity index (χ2v) is 5.11. The van der Waals surface area contributed by atoms with Crippen LogP contribution in [0.25, 0.3) is 10.2 Å². The summed E-state index contributed by atoms with van der Waals surface area (Å²) < 4.78 is 0.645. The molecule has 3 aromatic rings. The van der Waals surface area contributed by atoms with E-state index in [-0.39, 0.29) is 5.56 Å². The van der Waals surface area contributed by atoms with Crippen molar-refractivity contribution in [2.45, 2.75) is 6.54 Å². The highest BCUT2D eigenvalue weighted by Crippen LogP contribution is 2.14. The first-order chi connectivity index (χ1) is 9.76. The number of aromatic amines is 1. The molecule has 0 bridgehead atoms. The van der Waals surface area contributed by atoms with E-state index in [4.69, 9.17) is 5.26 Å². The maximum Gasteiger partial charge on any atom is 0.268 e. The van der Waals surface area contributed by atoms with Gasteiger partial charge in [-0.2, -0.15) is 5.26 Å². The summed E-state index contributed by atoms with van der Waals surface area (Å²) in [5.41, 5.74) is 2.09. The Morgan fingerprint density at radius 3 is 2.85 bits per heavy atom. The first kappa shape index (κ1) is 12.4. The SMILES string of the molecule is N#Cc1ccc(NCc2nc3ccsc3c(=O)[nH]2)cc1. The Morgan fingerprint density at radius 2 is 2.10 bits per heavy atom. The highest BCUT2D eigenvalue weighted by Gasteiger charge is 2.04. The first-order valence-corrected chi connectivity index (χ1v) is 6.84. The number of anilines is 1. The van der Waals surface area contributed by atoms with Crippen LogP contribution >= 0.6 is 11.3 Å². The Balaban J connectivity index is 1.79. The van der Waals surface area contributed by atoms with Crippen LogP contribution in [0.15, 0.2) is 40.5 Å². The van der Waals surface area contributed by atoms with Crippen molar-refractivity contribution in [2.75, 3.05) is 5.32 Å². The van der Waals surface area contributed by atoms with Gasteiger partial charge in [0, 0.05) is 5.69 Å². The van der Waals surface area contributed by atoms with Crippen molar-refractivity contribution in [3.8, 4) is 6.07 Å². The smallest absolute Gasteiger partial charge is 0.268 e. The van der Waals surface area contributed by atoms with Crippen LogP contribution in [0.4, 0.5) is 5.69 Å². The minimum atomic E-state index is -0.110. The molecule has 98 valence electrons. The van der Waals surface area contributed by atoms with E-state index in [1.54, 1.807) is 12.1 Å². The van der Waals surface area contributed by atoms with Gasteiger partial charge in [-0.1, -0.05) is 0 Å². The van der Waals surface area contributed by atoms with Gasteiger partial charge in [-0.25, -0.2) is 4.98 Å². The van der Waals surface area contributed by atoms with E-state index in [9.17, 15) is 4.79 Å². The van der Waals surface area contributed by atoms with Crippen molar-refractivity contribution < 1.29 is 0 Å². The number of hydrogen-bond donors (Lipinski definition) is 2. The van der Waals surface area contributed by atoms with E-state index in [1.165, 1.54) is 11.3 Å². The van der Waals surface area contributed by atoms with Crippen LogP contribution in [-0.2, 0) is 6.54 Å². The molecule has 5 nitrogen and oxygen atoms in total. The van der Waals surface area contributed by atoms with E-state index < -0.39 is 0 Å². The number of aromatic nitrogens is 2. The van der Waals surface area contributed by atoms with Crippen LogP contribution in [0.3, 0.4) is 0 Å². The molecule has 0 unspecified atom stereocenters. The first-order valence-electron chi connectivity index (χ1n) is 5.97. The normalized spacial score (nSPS) is 10.3. The van der Waals surface area contributed by atoms with Gasteiger partial charge in [-0.3, -0.25) is 4.79 Å². The third-order valence-electron chi connectivity index (χ3n) is 2.84. The summed E-state index contributed by atoms with van der Waals surface area (Å²) in [4.78, 5) is 18.9. The van der Waals surface area contributed by atoms with E-state index in [1.807, 2.05) is 23.6 Å². The fourth-order valence-electron chi connectivity index (χ4n) is 1.85. The number of benzene rings is 1. The maximum absolute atomic E-state index is 11.8. The summed E-state index contributed by atoms with van der Waals surface area (Å²) in [6, 6.07) is 11.0. The fourth-order valence-corrected chi connectivity index (χ4v) is 2.58. The van der Waals surface area contributed by atoms with Gasteiger partial charge in [0.2, 0.25) is 0 Å². The van der Waals surface area contributed by atoms with Crippen molar-refractivity contribution >= 4 is 27.2 Å². The third-order valence-corrected chi connectivity index (χ3v) is 3.74. The summed E-state index contributed by atoms with van der Waals surface area (Å²) in [6.07, 6.45) is 0. The standard InChI is InChI=1S/C14H10N4OS/c15-7-9-1-3-10(4-2-9)16-8-12-17-11-5-6-20-13(11)14(19)18-12/h1-6,16H,8H2,(H,17,18,19). The number of nitrogens with one attached hydrogen (secondary N) is 2. The lowest BCUT2D eigenvalue weighted by Gasteiger charge is -2.05. The Morgan fingerprint density at radius 1 is 1.30 bits per heavy atom. The lowest BCUT2D eigenvalue weighted by Crippen LogP contribution is -2.13. The Kier molecular flexibility index (Phi) is 3.19. The predicted octanol–water partition coefficient (Wildman–Crippen LogP) is 2.47. The van der Waals surface area contributed by atoms with Crippen molar-refractivity contribution in [1.29, 1.82) is 5.26 Å². The highest BCUT2D eigenvalue weighted by molar-refractivity contribution is 7.17. The molecule has 0 aliphatic heterocycles. The van der Waals surface area contributed by atoms with Crippen LogP contribution in [0.2, 0.25) is 0 Å². The summed E-state index contributed by atoms with van der Waals surface area (Å²) in [5.74, 6) is 0.588. The molecule has 0 aliphatic carbocycles. The van der Waals surface area contributed by atoms with E-state index in [2.05, 4.69) is 21.4 Å². The van der Waals surface area contributed by atoms with E-state index in [0.29, 0.717) is 22.6 Å². The molecule has 0 radical (unpaired) electrons. The molecule has 2 N–H and O–H groups in total. The van der Waals surface area contributed by atoms with Gasteiger partial charge in [0.05, 0.1) is 23.7 Å². The van der Waals surface area contributed by atoms with Gasteiger partial charge in [-0.15, -0.1) is 11.3 Å². The zero-order chi connectivity index (χ0) is 13.9. The van der Waals surface area contributed by atoms with E-state index in [0.717, 1.165) is 11.2 Å². The molecule has 2 heterocycles. The Labute approximate surface area is 118 Å². The molecule has 0 amide bonds. The number of thiophene rings is 1. The predicted molar refractivity (Wildman–Crippen MR) is 78.7 cm³/mol. The molecule has 0 saturated carbocycles. The fraction of sp³-hybridized carbons (Fsp3) is 0.0714. The molecule has 6 heteroatoms. The van der Waals surface area contributed by atoms with Crippen LogP contribution in [0.5, 0.6) is 0 Å². The number of H-pyrrole nitrogens is 1. The average molecular weight is 282 g/mol. The average Bonchev–Trinajstić information content (AvgIpc) is 2.94. The summed E-state index contributed by atoms with van der Waals surface area (Å²) >= 11 is 1.38. The maximum atomic E-state index is 11.8. The molecule has 0 saturated heterocycles. The summed E-state index contributed by atoms with van der Waals surface area (Å²) in [7, 11) is 0. The summed E-state index contributed by atoms with van der Waals surface area (Å²) in [5, 5.41) is 13.7. The molecule has 0 fully saturated rings. The molecule has 1 aromatic carbocycles. The number of nitrogens with zero attached hydrogens (tertiary/aromatic N) is 2. The molecule has 20 heavy (non-hydrogen) atoms. The van der Waals surface area contributed by atoms with Crippen molar-refractivity contribution in [3.63, 3.8) is 0 Å². The van der Waals surface area contributed by atoms with Crippen molar-refractivity contribution in [2.24, 2.45) is 0 Å². The van der Waals surface area contributed by atoms with E-state index >= 15 is 0 Å². The highest BCUT2D eigenvalue weighted by atomic mass is 32.1. The molecule has 3 rings (SSSR count). The quantitative estimate of drug-likeness (QED) is 0.773. The van der Waals surface area contributed by atoms with Gasteiger partial charge in [0.1, 0.15) is 10.5 Å². The molecule has 2 aromatic heterocycles. The molecule has 0 atom stereocenters. The Hall–Kier alpha value is -2.65. The van der Waals surface area contributed by atoms with Gasteiger partial charge < -0.3 is 10.3 Å². The number of fused-ring (bicyclic) bond motifs is 1. The minimum absolute atomic E-state index is 0.110.